The van der Waals surface area contributed by atoms with E-state index in [0.717, 1.165) is 19.3 Å². The third-order valence-corrected chi connectivity index (χ3v) is 13.1. The molecule has 0 fully saturated rings. The predicted octanol–water partition coefficient (Wildman–Crippen LogP) is 16.1. The van der Waals surface area contributed by atoms with Crippen molar-refractivity contribution in [2.45, 2.75) is 218 Å². The third kappa shape index (κ3) is 10.0. The minimum atomic E-state index is 0.0652. The van der Waals surface area contributed by atoms with Crippen molar-refractivity contribution in [1.82, 2.24) is 0 Å². The molecule has 57 heavy (non-hydrogen) atoms. The van der Waals surface area contributed by atoms with E-state index < -0.39 is 0 Å². The number of benzene rings is 4. The maximum absolute atomic E-state index is 2.54. The van der Waals surface area contributed by atoms with Crippen LogP contribution in [0.25, 0.3) is 0 Å². The summed E-state index contributed by atoms with van der Waals surface area (Å²) >= 11 is 0. The summed E-state index contributed by atoms with van der Waals surface area (Å²) in [5, 5.41) is 0. The van der Waals surface area contributed by atoms with Crippen LogP contribution < -0.4 is 0 Å². The van der Waals surface area contributed by atoms with Crippen molar-refractivity contribution in [3.05, 3.63) is 137 Å². The summed E-state index contributed by atoms with van der Waals surface area (Å²) in [4.78, 5) is 0. The number of hydrogen-bond acceptors (Lipinski definition) is 0. The van der Waals surface area contributed by atoms with Crippen molar-refractivity contribution in [2.24, 2.45) is 0 Å². The Labute approximate surface area is 353 Å². The standard InChI is InChI=1S/C57H84/c1-34-43(25-40-28-46(52(7,8)9)37(4)47(29-40)53(10,11)12)35(2)45(27-42-32-50(56(19,20)21)39(6)51(33-42)57(22,23)24)36(3)44(34)26-41-30-48(54(13,14)15)38(5)49(31-41)55(16,17)18/h28-33H,25-27H2,1-24H3. The van der Waals surface area contributed by atoms with E-state index in [1.54, 1.807) is 0 Å². The molecule has 0 bridgehead atoms. The first-order valence-electron chi connectivity index (χ1n) is 22.1. The lowest BCUT2D eigenvalue weighted by Crippen LogP contribution is -2.21. The SMILES string of the molecule is Cc1c(C(C)(C)C)cc(Cc2c(C)c(Cc3cc(C(C)(C)C)c(C)c(C(C)(C)C)c3)c(C)c(Cc3cc(C(C)(C)C)c(C)c(C(C)(C)C)c3)c2C)cc1C(C)(C)C. The van der Waals surface area contributed by atoms with Gasteiger partial charge in [-0.1, -0.05) is 161 Å². The summed E-state index contributed by atoms with van der Waals surface area (Å²) in [6, 6.07) is 15.2. The van der Waals surface area contributed by atoms with Crippen molar-refractivity contribution >= 4 is 0 Å². The van der Waals surface area contributed by atoms with Crippen LogP contribution >= 0.6 is 0 Å². The van der Waals surface area contributed by atoms with Crippen molar-refractivity contribution in [2.75, 3.05) is 0 Å². The fraction of sp³-hybridized carbons (Fsp3) is 0.579. The van der Waals surface area contributed by atoms with Gasteiger partial charge in [-0.2, -0.15) is 0 Å². The summed E-state index contributed by atoms with van der Waals surface area (Å²) in [5.41, 5.74) is 26.8. The van der Waals surface area contributed by atoms with E-state index in [9.17, 15) is 0 Å². The van der Waals surface area contributed by atoms with Gasteiger partial charge in [-0.05, 0) is 193 Å². The molecule has 0 aliphatic rings. The largest absolute Gasteiger partial charge is 0.0561 e. The fourth-order valence-corrected chi connectivity index (χ4v) is 10.1. The zero-order chi connectivity index (χ0) is 43.8. The molecule has 0 aliphatic heterocycles. The van der Waals surface area contributed by atoms with E-state index >= 15 is 0 Å². The number of rotatable bonds is 6. The molecular weight excluding hydrogens is 685 g/mol. The lowest BCUT2D eigenvalue weighted by molar-refractivity contribution is 0.559. The maximum Gasteiger partial charge on any atom is -0.00201 e. The smallest absolute Gasteiger partial charge is 0.00201 e. The van der Waals surface area contributed by atoms with Crippen LogP contribution in [0.4, 0.5) is 0 Å². The number of hydrogen-bond donors (Lipinski definition) is 0. The van der Waals surface area contributed by atoms with Crippen molar-refractivity contribution in [3.8, 4) is 0 Å². The zero-order valence-corrected chi connectivity index (χ0v) is 41.6. The highest BCUT2D eigenvalue weighted by molar-refractivity contribution is 5.58. The van der Waals surface area contributed by atoms with E-state index in [2.05, 4.69) is 203 Å². The molecule has 4 rings (SSSR count). The summed E-state index contributed by atoms with van der Waals surface area (Å²) < 4.78 is 0. The Hall–Kier alpha value is -3.12. The Kier molecular flexibility index (Phi) is 12.6. The van der Waals surface area contributed by atoms with Crippen molar-refractivity contribution < 1.29 is 0 Å². The van der Waals surface area contributed by atoms with E-state index in [-0.39, 0.29) is 32.5 Å². The van der Waals surface area contributed by atoms with E-state index in [0.29, 0.717) is 0 Å². The normalized spacial score (nSPS) is 13.5. The molecule has 0 heteroatoms. The summed E-state index contributed by atoms with van der Waals surface area (Å²) in [7, 11) is 0. The van der Waals surface area contributed by atoms with E-state index in [4.69, 9.17) is 0 Å². The van der Waals surface area contributed by atoms with Crippen LogP contribution in [0.15, 0.2) is 36.4 Å². The fourth-order valence-electron chi connectivity index (χ4n) is 10.1. The van der Waals surface area contributed by atoms with Gasteiger partial charge in [0.2, 0.25) is 0 Å². The van der Waals surface area contributed by atoms with Gasteiger partial charge in [0, 0.05) is 0 Å². The minimum absolute atomic E-state index is 0.0652. The van der Waals surface area contributed by atoms with E-state index in [1.807, 2.05) is 0 Å². The molecular formula is C57H84. The van der Waals surface area contributed by atoms with Gasteiger partial charge in [-0.3, -0.25) is 0 Å². The lowest BCUT2D eigenvalue weighted by Gasteiger charge is -2.31. The molecule has 4 aromatic rings. The van der Waals surface area contributed by atoms with Crippen LogP contribution in [0.3, 0.4) is 0 Å². The molecule has 0 saturated heterocycles. The van der Waals surface area contributed by atoms with Gasteiger partial charge >= 0.3 is 0 Å². The molecule has 0 nitrogen and oxygen atoms in total. The second kappa shape index (κ2) is 15.5. The summed E-state index contributed by atoms with van der Waals surface area (Å²) in [6.07, 6.45) is 2.81. The molecule has 0 aliphatic carbocycles. The van der Waals surface area contributed by atoms with E-state index in [1.165, 1.54) is 100 Å². The second-order valence-corrected chi connectivity index (χ2v) is 24.3. The summed E-state index contributed by atoms with van der Waals surface area (Å²) in [5.74, 6) is 0. The van der Waals surface area contributed by atoms with Gasteiger partial charge in [0.25, 0.3) is 0 Å². The highest BCUT2D eigenvalue weighted by atomic mass is 14.3. The molecule has 0 spiro atoms. The molecule has 4 aromatic carbocycles. The topological polar surface area (TPSA) is 0 Å². The lowest BCUT2D eigenvalue weighted by atomic mass is 9.73. The third-order valence-electron chi connectivity index (χ3n) is 13.1. The van der Waals surface area contributed by atoms with Crippen molar-refractivity contribution in [3.63, 3.8) is 0 Å². The first-order chi connectivity index (χ1) is 25.5. The Morgan fingerprint density at radius 2 is 0.386 bits per heavy atom. The van der Waals surface area contributed by atoms with Crippen LogP contribution in [0.1, 0.15) is 225 Å². The molecule has 312 valence electrons. The highest BCUT2D eigenvalue weighted by Crippen LogP contribution is 2.41. The van der Waals surface area contributed by atoms with Gasteiger partial charge in [-0.15, -0.1) is 0 Å². The van der Waals surface area contributed by atoms with Crippen LogP contribution in [-0.2, 0) is 51.8 Å². The quantitative estimate of drug-likeness (QED) is 0.183. The predicted molar refractivity (Wildman–Crippen MR) is 255 cm³/mol. The van der Waals surface area contributed by atoms with Gasteiger partial charge in [0.1, 0.15) is 0 Å². The Morgan fingerprint density at radius 3 is 0.509 bits per heavy atom. The first kappa shape index (κ1) is 46.6. The molecule has 0 saturated carbocycles. The monoisotopic (exact) mass is 769 g/mol. The molecule has 0 radical (unpaired) electrons. The Bertz CT molecular complexity index is 1760. The van der Waals surface area contributed by atoms with Gasteiger partial charge < -0.3 is 0 Å². The Morgan fingerprint density at radius 1 is 0.246 bits per heavy atom. The molecule has 0 N–H and O–H groups in total. The Balaban J connectivity index is 2.10. The van der Waals surface area contributed by atoms with Crippen LogP contribution in [-0.4, -0.2) is 0 Å². The highest BCUT2D eigenvalue weighted by Gasteiger charge is 2.29. The second-order valence-electron chi connectivity index (χ2n) is 24.3. The summed E-state index contributed by atoms with van der Waals surface area (Å²) in [6.45, 7) is 57.1. The zero-order valence-electron chi connectivity index (χ0n) is 41.6. The average molecular weight is 769 g/mol. The molecule has 0 atom stereocenters. The first-order valence-corrected chi connectivity index (χ1v) is 22.1. The minimum Gasteiger partial charge on any atom is -0.0561 e. The molecule has 0 unspecified atom stereocenters. The van der Waals surface area contributed by atoms with Crippen molar-refractivity contribution in [1.29, 1.82) is 0 Å². The maximum atomic E-state index is 2.54. The molecule has 0 amide bonds. The van der Waals surface area contributed by atoms with Crippen LogP contribution in [0, 0.1) is 41.5 Å². The van der Waals surface area contributed by atoms with Crippen LogP contribution in [0.5, 0.6) is 0 Å². The average Bonchev–Trinajstić information content (AvgIpc) is 3.02. The molecule has 0 heterocycles. The molecule has 0 aromatic heterocycles. The van der Waals surface area contributed by atoms with Gasteiger partial charge in [0.05, 0.1) is 0 Å². The van der Waals surface area contributed by atoms with Gasteiger partial charge in [0.15, 0.2) is 0 Å². The van der Waals surface area contributed by atoms with Crippen LogP contribution in [0.2, 0.25) is 0 Å². The van der Waals surface area contributed by atoms with Gasteiger partial charge in [-0.25, -0.2) is 0 Å².